The van der Waals surface area contributed by atoms with Crippen molar-refractivity contribution in [1.29, 1.82) is 0 Å². The molecular formula is C14H18F11NO. The van der Waals surface area contributed by atoms with E-state index in [1.54, 1.807) is 0 Å². The molecule has 1 saturated heterocycles. The third-order valence-electron chi connectivity index (χ3n) is 3.96. The van der Waals surface area contributed by atoms with Gasteiger partial charge >= 0.3 is 18.3 Å². The van der Waals surface area contributed by atoms with E-state index in [1.165, 1.54) is 0 Å². The summed E-state index contributed by atoms with van der Waals surface area (Å²) < 4.78 is 146. The van der Waals surface area contributed by atoms with E-state index in [0.717, 1.165) is 0 Å². The van der Waals surface area contributed by atoms with Crippen molar-refractivity contribution >= 4 is 0 Å². The molecule has 13 heteroatoms. The first-order valence-electron chi connectivity index (χ1n) is 7.94. The standard InChI is InChI=1S/C14H18F11NO/c15-9(13(20,21)22)11(16,17)7-27-8-12(18,19)10(14(23,24)25)26-5-3-1-2-4-6-26/h9-10H,1-8H2. The molecule has 2 nitrogen and oxygen atoms in total. The smallest absolute Gasteiger partial charge is 0.369 e. The molecule has 0 aromatic rings. The molecule has 0 aromatic heterocycles. The fourth-order valence-electron chi connectivity index (χ4n) is 2.78. The molecule has 0 aliphatic carbocycles. The molecule has 2 unspecified atom stereocenters. The highest BCUT2D eigenvalue weighted by molar-refractivity contribution is 4.92. The van der Waals surface area contributed by atoms with Crippen LogP contribution in [-0.2, 0) is 4.74 Å². The van der Waals surface area contributed by atoms with Gasteiger partial charge < -0.3 is 4.74 Å². The van der Waals surface area contributed by atoms with Crippen LogP contribution in [0.2, 0.25) is 0 Å². The summed E-state index contributed by atoms with van der Waals surface area (Å²) in [7, 11) is 0. The minimum atomic E-state index is -5.98. The maximum atomic E-state index is 14.1. The van der Waals surface area contributed by atoms with Crippen LogP contribution in [0.3, 0.4) is 0 Å². The largest absolute Gasteiger partial charge is 0.425 e. The molecule has 162 valence electrons. The molecule has 0 spiro atoms. The van der Waals surface area contributed by atoms with E-state index in [1.807, 2.05) is 0 Å². The molecule has 0 amide bonds. The van der Waals surface area contributed by atoms with Gasteiger partial charge in [-0.1, -0.05) is 12.8 Å². The van der Waals surface area contributed by atoms with E-state index in [-0.39, 0.29) is 25.9 Å². The number of rotatable bonds is 7. The quantitative estimate of drug-likeness (QED) is 0.534. The first kappa shape index (κ1) is 24.2. The fraction of sp³-hybridized carbons (Fsp3) is 1.00. The third kappa shape index (κ3) is 6.91. The summed E-state index contributed by atoms with van der Waals surface area (Å²) in [5, 5.41) is 0. The second-order valence-corrected chi connectivity index (χ2v) is 6.31. The number of likely N-dealkylation sites (tertiary alicyclic amines) is 1. The second-order valence-electron chi connectivity index (χ2n) is 6.31. The van der Waals surface area contributed by atoms with Gasteiger partial charge in [0, 0.05) is 0 Å². The lowest BCUT2D eigenvalue weighted by Gasteiger charge is -2.37. The van der Waals surface area contributed by atoms with E-state index >= 15 is 0 Å². The molecule has 0 radical (unpaired) electrons. The molecule has 1 aliphatic rings. The second kappa shape index (κ2) is 8.66. The topological polar surface area (TPSA) is 12.5 Å². The Labute approximate surface area is 147 Å². The van der Waals surface area contributed by atoms with Gasteiger partial charge in [0.25, 0.3) is 12.1 Å². The van der Waals surface area contributed by atoms with E-state index < -0.39 is 49.6 Å². The van der Waals surface area contributed by atoms with Crippen LogP contribution in [0.1, 0.15) is 25.7 Å². The summed E-state index contributed by atoms with van der Waals surface area (Å²) in [6.07, 6.45) is -14.6. The predicted octanol–water partition coefficient (Wildman–Crippen LogP) is 4.98. The average molecular weight is 425 g/mol. The van der Waals surface area contributed by atoms with Gasteiger partial charge in [-0.15, -0.1) is 0 Å². The zero-order valence-corrected chi connectivity index (χ0v) is 13.8. The van der Waals surface area contributed by atoms with Gasteiger partial charge in [-0.3, -0.25) is 4.90 Å². The van der Waals surface area contributed by atoms with Crippen LogP contribution in [0.15, 0.2) is 0 Å². The highest BCUT2D eigenvalue weighted by Gasteiger charge is 2.60. The lowest BCUT2D eigenvalue weighted by molar-refractivity contribution is -0.273. The predicted molar refractivity (Wildman–Crippen MR) is 71.5 cm³/mol. The Bertz CT molecular complexity index is 455. The highest BCUT2D eigenvalue weighted by atomic mass is 19.4. The van der Waals surface area contributed by atoms with Crippen LogP contribution in [0.25, 0.3) is 0 Å². The summed E-state index contributed by atoms with van der Waals surface area (Å²) in [5.74, 6) is -9.94. The minimum Gasteiger partial charge on any atom is -0.369 e. The molecule has 1 rings (SSSR count). The molecule has 1 heterocycles. The van der Waals surface area contributed by atoms with Crippen molar-refractivity contribution in [3.63, 3.8) is 0 Å². The van der Waals surface area contributed by atoms with Crippen molar-refractivity contribution in [3.05, 3.63) is 0 Å². The Hall–Kier alpha value is -0.850. The van der Waals surface area contributed by atoms with Crippen molar-refractivity contribution in [2.75, 3.05) is 26.3 Å². The van der Waals surface area contributed by atoms with Crippen molar-refractivity contribution in [3.8, 4) is 0 Å². The van der Waals surface area contributed by atoms with Gasteiger partial charge in [0.15, 0.2) is 6.04 Å². The van der Waals surface area contributed by atoms with Crippen molar-refractivity contribution in [1.82, 2.24) is 4.90 Å². The van der Waals surface area contributed by atoms with Gasteiger partial charge in [-0.2, -0.15) is 26.3 Å². The lowest BCUT2D eigenvalue weighted by Crippen LogP contribution is -2.58. The Morgan fingerprint density at radius 2 is 1.11 bits per heavy atom. The maximum Gasteiger partial charge on any atom is 0.425 e. The Kier molecular flexibility index (Phi) is 7.76. The summed E-state index contributed by atoms with van der Waals surface area (Å²) in [6, 6.07) is -3.35. The molecule has 0 N–H and O–H groups in total. The number of halogens is 11. The molecule has 0 saturated carbocycles. The molecule has 1 aliphatic heterocycles. The summed E-state index contributed by atoms with van der Waals surface area (Å²) in [5.41, 5.74) is 0. The summed E-state index contributed by atoms with van der Waals surface area (Å²) in [6.45, 7) is -5.28. The number of alkyl halides is 11. The fourth-order valence-corrected chi connectivity index (χ4v) is 2.78. The van der Waals surface area contributed by atoms with Crippen molar-refractivity contribution in [2.24, 2.45) is 0 Å². The first-order valence-corrected chi connectivity index (χ1v) is 7.94. The van der Waals surface area contributed by atoms with Crippen molar-refractivity contribution in [2.45, 2.75) is 62.1 Å². The lowest BCUT2D eigenvalue weighted by atomic mass is 10.1. The number of nitrogens with zero attached hydrogens (tertiary/aromatic N) is 1. The molecule has 0 aromatic carbocycles. The van der Waals surface area contributed by atoms with Crippen LogP contribution in [-0.4, -0.2) is 67.6 Å². The molecule has 2 atom stereocenters. The van der Waals surface area contributed by atoms with E-state index in [4.69, 9.17) is 0 Å². The van der Waals surface area contributed by atoms with Crippen LogP contribution >= 0.6 is 0 Å². The van der Waals surface area contributed by atoms with Crippen LogP contribution in [0.5, 0.6) is 0 Å². The minimum absolute atomic E-state index is 0.219. The number of hydrogen-bond donors (Lipinski definition) is 0. The average Bonchev–Trinajstić information content (AvgIpc) is 2.72. The highest BCUT2D eigenvalue weighted by Crippen LogP contribution is 2.39. The normalized spacial score (nSPS) is 21.0. The van der Waals surface area contributed by atoms with Gasteiger partial charge in [-0.05, 0) is 25.9 Å². The van der Waals surface area contributed by atoms with E-state index in [2.05, 4.69) is 4.74 Å². The van der Waals surface area contributed by atoms with Crippen LogP contribution in [0.4, 0.5) is 48.3 Å². The number of ether oxygens (including phenoxy) is 1. The number of hydrogen-bond acceptors (Lipinski definition) is 2. The monoisotopic (exact) mass is 425 g/mol. The third-order valence-corrected chi connectivity index (χ3v) is 3.96. The van der Waals surface area contributed by atoms with Gasteiger partial charge in [0.05, 0.1) is 0 Å². The molecule has 27 heavy (non-hydrogen) atoms. The zero-order chi connectivity index (χ0) is 21.1. The molecule has 1 fully saturated rings. The Balaban J connectivity index is 2.82. The van der Waals surface area contributed by atoms with Crippen LogP contribution < -0.4 is 0 Å². The maximum absolute atomic E-state index is 14.1. The van der Waals surface area contributed by atoms with E-state index in [0.29, 0.717) is 17.7 Å². The first-order chi connectivity index (χ1) is 12.1. The van der Waals surface area contributed by atoms with Crippen LogP contribution in [0, 0.1) is 0 Å². The Morgan fingerprint density at radius 1 is 0.667 bits per heavy atom. The van der Waals surface area contributed by atoms with Crippen molar-refractivity contribution < 1.29 is 53.0 Å². The SMILES string of the molecule is FC(C(F)(F)F)C(F)(F)COCC(F)(F)C(N1CCCCCC1)C(F)(F)F. The van der Waals surface area contributed by atoms with Gasteiger partial charge in [0.2, 0.25) is 0 Å². The van der Waals surface area contributed by atoms with E-state index in [9.17, 15) is 48.3 Å². The molecule has 0 bridgehead atoms. The summed E-state index contributed by atoms with van der Waals surface area (Å²) in [4.78, 5) is 0.460. The zero-order valence-electron chi connectivity index (χ0n) is 13.8. The summed E-state index contributed by atoms with van der Waals surface area (Å²) >= 11 is 0. The molecular weight excluding hydrogens is 407 g/mol. The van der Waals surface area contributed by atoms with Gasteiger partial charge in [0.1, 0.15) is 13.2 Å². The van der Waals surface area contributed by atoms with Gasteiger partial charge in [-0.25, -0.2) is 22.0 Å². The Morgan fingerprint density at radius 3 is 1.52 bits per heavy atom.